The highest BCUT2D eigenvalue weighted by atomic mass is 32.1. The second kappa shape index (κ2) is 6.43. The van der Waals surface area contributed by atoms with Gasteiger partial charge in [0.05, 0.1) is 17.7 Å². The Bertz CT molecular complexity index is 1170. The number of thiazole rings is 1. The van der Waals surface area contributed by atoms with Crippen LogP contribution in [0.3, 0.4) is 0 Å². The number of ketones is 1. The molecule has 0 aliphatic carbocycles. The third-order valence-corrected chi connectivity index (χ3v) is 4.88. The van der Waals surface area contributed by atoms with Crippen LogP contribution in [0.1, 0.15) is 21.6 Å². The van der Waals surface area contributed by atoms with Crippen molar-refractivity contribution in [3.63, 3.8) is 0 Å². The lowest BCUT2D eigenvalue weighted by atomic mass is 10.1. The molecule has 0 saturated heterocycles. The normalized spacial score (nSPS) is 10.7. The average molecular weight is 360 g/mol. The summed E-state index contributed by atoms with van der Waals surface area (Å²) in [7, 11) is 0. The largest absolute Gasteiger partial charge is 0.506 e. The van der Waals surface area contributed by atoms with Crippen molar-refractivity contribution in [2.75, 3.05) is 0 Å². The van der Waals surface area contributed by atoms with Gasteiger partial charge >= 0.3 is 0 Å². The molecule has 6 nitrogen and oxygen atoms in total. The Morgan fingerprint density at radius 2 is 2.19 bits per heavy atom. The third-order valence-electron chi connectivity index (χ3n) is 3.98. The Morgan fingerprint density at radius 1 is 1.35 bits per heavy atom. The van der Waals surface area contributed by atoms with Crippen LogP contribution in [-0.4, -0.2) is 25.8 Å². The molecule has 0 fully saturated rings. The smallest absolute Gasteiger partial charge is 0.170 e. The quantitative estimate of drug-likeness (QED) is 0.540. The fourth-order valence-corrected chi connectivity index (χ4v) is 3.56. The number of pyridine rings is 1. The van der Waals surface area contributed by atoms with Gasteiger partial charge in [-0.25, -0.2) is 9.97 Å². The summed E-state index contributed by atoms with van der Waals surface area (Å²) in [5, 5.41) is 22.0. The first-order valence-electron chi connectivity index (χ1n) is 7.79. The molecule has 0 bridgehead atoms. The Morgan fingerprint density at radius 3 is 3.00 bits per heavy atom. The number of rotatable bonds is 4. The van der Waals surface area contributed by atoms with Gasteiger partial charge in [0.25, 0.3) is 0 Å². The number of nitrogens with zero attached hydrogens (tertiary/aromatic N) is 3. The molecule has 0 radical (unpaired) electrons. The standard InChI is InChI=1S/C19H12N4O2S/c20-7-11-5-17(25)18(22-8-11)19-23-12(10-26-19)6-16(24)14-9-21-15-4-2-1-3-13(14)15/h1-5,8-10,21,25H,6H2. The number of Topliss-reactive ketones (excluding diaryl/α,β-unsaturated/α-hetero) is 1. The van der Waals surface area contributed by atoms with E-state index in [-0.39, 0.29) is 23.5 Å². The van der Waals surface area contributed by atoms with Crippen molar-refractivity contribution in [2.24, 2.45) is 0 Å². The van der Waals surface area contributed by atoms with Gasteiger partial charge in [-0.1, -0.05) is 18.2 Å². The van der Waals surface area contributed by atoms with Crippen LogP contribution in [0.2, 0.25) is 0 Å². The monoisotopic (exact) mass is 360 g/mol. The third kappa shape index (κ3) is 2.83. The molecule has 1 aromatic carbocycles. The Balaban J connectivity index is 1.59. The predicted molar refractivity (Wildman–Crippen MR) is 98.1 cm³/mol. The van der Waals surface area contributed by atoms with Crippen LogP contribution < -0.4 is 0 Å². The van der Waals surface area contributed by atoms with Gasteiger partial charge in [0.1, 0.15) is 22.5 Å². The summed E-state index contributed by atoms with van der Waals surface area (Å²) in [6.45, 7) is 0. The number of para-hydroxylation sites is 1. The molecule has 4 rings (SSSR count). The molecule has 0 aliphatic rings. The van der Waals surface area contributed by atoms with E-state index in [2.05, 4.69) is 15.0 Å². The fourth-order valence-electron chi connectivity index (χ4n) is 2.74. The molecule has 3 aromatic heterocycles. The maximum absolute atomic E-state index is 12.6. The van der Waals surface area contributed by atoms with Crippen LogP contribution in [0.4, 0.5) is 0 Å². The van der Waals surface area contributed by atoms with E-state index >= 15 is 0 Å². The lowest BCUT2D eigenvalue weighted by Gasteiger charge is -2.00. The number of hydrogen-bond acceptors (Lipinski definition) is 6. The summed E-state index contributed by atoms with van der Waals surface area (Å²) < 4.78 is 0. The van der Waals surface area contributed by atoms with Crippen molar-refractivity contribution in [1.29, 1.82) is 5.26 Å². The summed E-state index contributed by atoms with van der Waals surface area (Å²) in [5.74, 6) is -0.135. The highest BCUT2D eigenvalue weighted by Gasteiger charge is 2.16. The van der Waals surface area contributed by atoms with E-state index in [0.717, 1.165) is 10.9 Å². The van der Waals surface area contributed by atoms with Gasteiger partial charge in [0, 0.05) is 40.3 Å². The van der Waals surface area contributed by atoms with Gasteiger partial charge in [-0.2, -0.15) is 5.26 Å². The second-order valence-corrected chi connectivity index (χ2v) is 6.55. The number of nitriles is 1. The Labute approximate surface area is 152 Å². The van der Waals surface area contributed by atoms with Crippen LogP contribution in [-0.2, 0) is 6.42 Å². The topological polar surface area (TPSA) is 103 Å². The number of carbonyl (C=O) groups excluding carboxylic acids is 1. The minimum absolute atomic E-state index is 0.0312. The molecule has 4 aromatic rings. The van der Waals surface area contributed by atoms with E-state index < -0.39 is 0 Å². The minimum Gasteiger partial charge on any atom is -0.506 e. The number of H-pyrrole nitrogens is 1. The summed E-state index contributed by atoms with van der Waals surface area (Å²) >= 11 is 1.30. The van der Waals surface area contributed by atoms with Crippen molar-refractivity contribution >= 4 is 28.0 Å². The summed E-state index contributed by atoms with van der Waals surface area (Å²) in [4.78, 5) is 24.2. The zero-order valence-corrected chi connectivity index (χ0v) is 14.2. The molecule has 0 amide bonds. The zero-order chi connectivity index (χ0) is 18.1. The van der Waals surface area contributed by atoms with Gasteiger partial charge in [-0.05, 0) is 6.07 Å². The first kappa shape index (κ1) is 16.0. The predicted octanol–water partition coefficient (Wildman–Crippen LogP) is 3.69. The molecular formula is C19H12N4O2S. The molecule has 26 heavy (non-hydrogen) atoms. The van der Waals surface area contributed by atoms with Crippen LogP contribution >= 0.6 is 11.3 Å². The van der Waals surface area contributed by atoms with E-state index in [1.54, 1.807) is 11.6 Å². The number of carbonyl (C=O) groups is 1. The Kier molecular flexibility index (Phi) is 3.95. The van der Waals surface area contributed by atoms with Gasteiger partial charge in [-0.15, -0.1) is 11.3 Å². The molecule has 0 atom stereocenters. The van der Waals surface area contributed by atoms with Crippen LogP contribution in [0, 0.1) is 11.3 Å². The molecule has 0 aliphatic heterocycles. The highest BCUT2D eigenvalue weighted by Crippen LogP contribution is 2.30. The van der Waals surface area contributed by atoms with E-state index in [9.17, 15) is 9.90 Å². The van der Waals surface area contributed by atoms with Gasteiger partial charge in [0.2, 0.25) is 0 Å². The van der Waals surface area contributed by atoms with Crippen molar-refractivity contribution in [3.05, 3.63) is 64.9 Å². The van der Waals surface area contributed by atoms with E-state index in [1.165, 1.54) is 23.6 Å². The van der Waals surface area contributed by atoms with Gasteiger partial charge in [-0.3, -0.25) is 4.79 Å². The molecular weight excluding hydrogens is 348 g/mol. The van der Waals surface area contributed by atoms with E-state index in [1.807, 2.05) is 30.3 Å². The minimum atomic E-state index is -0.104. The number of aromatic amines is 1. The van der Waals surface area contributed by atoms with Crippen molar-refractivity contribution in [2.45, 2.75) is 6.42 Å². The van der Waals surface area contributed by atoms with Crippen molar-refractivity contribution < 1.29 is 9.90 Å². The van der Waals surface area contributed by atoms with Crippen LogP contribution in [0.5, 0.6) is 5.75 Å². The van der Waals surface area contributed by atoms with Crippen LogP contribution in [0.25, 0.3) is 21.6 Å². The SMILES string of the molecule is N#Cc1cnc(-c2nc(CC(=O)c3c[nH]c4ccccc34)cs2)c(O)c1. The Hall–Kier alpha value is -3.50. The molecule has 0 unspecified atom stereocenters. The first-order valence-corrected chi connectivity index (χ1v) is 8.67. The number of aromatic hydroxyl groups is 1. The number of fused-ring (bicyclic) bond motifs is 1. The molecule has 7 heteroatoms. The first-order chi connectivity index (χ1) is 12.7. The molecule has 0 spiro atoms. The number of nitrogens with one attached hydrogen (secondary N) is 1. The zero-order valence-electron chi connectivity index (χ0n) is 13.4. The summed E-state index contributed by atoms with van der Waals surface area (Å²) in [6.07, 6.45) is 3.26. The van der Waals surface area contributed by atoms with Gasteiger partial charge in [0.15, 0.2) is 5.78 Å². The lowest BCUT2D eigenvalue weighted by Crippen LogP contribution is -2.03. The molecule has 3 heterocycles. The molecule has 2 N–H and O–H groups in total. The summed E-state index contributed by atoms with van der Waals surface area (Å²) in [5.41, 5.74) is 2.75. The maximum atomic E-state index is 12.6. The maximum Gasteiger partial charge on any atom is 0.170 e. The fraction of sp³-hybridized carbons (Fsp3) is 0.0526. The second-order valence-electron chi connectivity index (χ2n) is 5.70. The van der Waals surface area contributed by atoms with Crippen molar-refractivity contribution in [3.8, 4) is 22.5 Å². The van der Waals surface area contributed by atoms with E-state index in [4.69, 9.17) is 5.26 Å². The number of hydrogen-bond donors (Lipinski definition) is 2. The highest BCUT2D eigenvalue weighted by molar-refractivity contribution is 7.13. The van der Waals surface area contributed by atoms with Gasteiger partial charge < -0.3 is 10.1 Å². The van der Waals surface area contributed by atoms with Crippen LogP contribution in [0.15, 0.2) is 48.1 Å². The van der Waals surface area contributed by atoms with Crippen molar-refractivity contribution in [1.82, 2.24) is 15.0 Å². The molecule has 0 saturated carbocycles. The lowest BCUT2D eigenvalue weighted by molar-refractivity contribution is 0.0993. The number of benzene rings is 1. The van der Waals surface area contributed by atoms with E-state index in [0.29, 0.717) is 22.0 Å². The summed E-state index contributed by atoms with van der Waals surface area (Å²) in [6, 6.07) is 10.9. The number of aromatic nitrogens is 3. The molecule has 126 valence electrons. The average Bonchev–Trinajstić information content (AvgIpc) is 3.28.